The summed E-state index contributed by atoms with van der Waals surface area (Å²) < 4.78 is 5.39. The number of benzene rings is 1. The quantitative estimate of drug-likeness (QED) is 0.810. The average molecular weight is 247 g/mol. The zero-order valence-electron chi connectivity index (χ0n) is 11.9. The van der Waals surface area contributed by atoms with Crippen LogP contribution in [0.5, 0.6) is 0 Å². The maximum absolute atomic E-state index is 5.39. The van der Waals surface area contributed by atoms with E-state index in [1.807, 2.05) is 0 Å². The van der Waals surface area contributed by atoms with E-state index in [-0.39, 0.29) is 5.41 Å². The summed E-state index contributed by atoms with van der Waals surface area (Å²) in [5.74, 6) is 0. The molecule has 0 radical (unpaired) electrons. The van der Waals surface area contributed by atoms with Gasteiger partial charge < -0.3 is 4.74 Å². The van der Waals surface area contributed by atoms with E-state index in [9.17, 15) is 0 Å². The molecule has 18 heavy (non-hydrogen) atoms. The van der Waals surface area contributed by atoms with Crippen LogP contribution in [0.25, 0.3) is 0 Å². The molecule has 0 bridgehead atoms. The van der Waals surface area contributed by atoms with Gasteiger partial charge in [0.1, 0.15) is 0 Å². The monoisotopic (exact) mass is 247 g/mol. The van der Waals surface area contributed by atoms with Crippen LogP contribution in [0.2, 0.25) is 0 Å². The number of nitrogens with zero attached hydrogens (tertiary/aromatic N) is 1. The van der Waals surface area contributed by atoms with Gasteiger partial charge in [0.2, 0.25) is 0 Å². The second-order valence-corrected chi connectivity index (χ2v) is 5.83. The molecule has 0 spiro atoms. The van der Waals surface area contributed by atoms with E-state index in [1.165, 1.54) is 17.5 Å². The van der Waals surface area contributed by atoms with Gasteiger partial charge in [-0.05, 0) is 23.0 Å². The second kappa shape index (κ2) is 5.85. The van der Waals surface area contributed by atoms with Crippen molar-refractivity contribution in [3.63, 3.8) is 0 Å². The Balaban J connectivity index is 2.07. The molecule has 0 aliphatic carbocycles. The van der Waals surface area contributed by atoms with Crippen LogP contribution in [0, 0.1) is 0 Å². The molecule has 1 aliphatic rings. The van der Waals surface area contributed by atoms with Crippen molar-refractivity contribution in [3.8, 4) is 0 Å². The minimum Gasteiger partial charge on any atom is -0.379 e. The standard InChI is InChI=1S/C16H25NO/c1-4-16(2,3)15-7-5-6-14(12-15)13-17-8-10-18-11-9-17/h5-7,12H,4,8-11,13H2,1-3H3. The number of hydrogen-bond donors (Lipinski definition) is 0. The van der Waals surface area contributed by atoms with Gasteiger partial charge in [-0.1, -0.05) is 45.0 Å². The largest absolute Gasteiger partial charge is 0.379 e. The fourth-order valence-electron chi connectivity index (χ4n) is 2.31. The van der Waals surface area contributed by atoms with Gasteiger partial charge in [0, 0.05) is 19.6 Å². The molecule has 0 N–H and O–H groups in total. The highest BCUT2D eigenvalue weighted by Gasteiger charge is 2.18. The molecule has 1 fully saturated rings. The van der Waals surface area contributed by atoms with Gasteiger partial charge in [0.05, 0.1) is 13.2 Å². The van der Waals surface area contributed by atoms with Crippen LogP contribution in [0.4, 0.5) is 0 Å². The average Bonchev–Trinajstić information content (AvgIpc) is 2.40. The van der Waals surface area contributed by atoms with Crippen LogP contribution in [0.15, 0.2) is 24.3 Å². The van der Waals surface area contributed by atoms with Crippen LogP contribution < -0.4 is 0 Å². The molecular weight excluding hydrogens is 222 g/mol. The van der Waals surface area contributed by atoms with E-state index in [0.717, 1.165) is 32.8 Å². The normalized spacial score (nSPS) is 17.9. The second-order valence-electron chi connectivity index (χ2n) is 5.83. The Morgan fingerprint density at radius 2 is 1.94 bits per heavy atom. The fourth-order valence-corrected chi connectivity index (χ4v) is 2.31. The van der Waals surface area contributed by atoms with E-state index in [0.29, 0.717) is 0 Å². The molecule has 1 aromatic carbocycles. The lowest BCUT2D eigenvalue weighted by Crippen LogP contribution is -2.35. The lowest BCUT2D eigenvalue weighted by atomic mass is 9.81. The minimum atomic E-state index is 0.279. The Bertz CT molecular complexity index is 380. The molecule has 0 saturated carbocycles. The molecule has 0 aromatic heterocycles. The number of ether oxygens (including phenoxy) is 1. The lowest BCUT2D eigenvalue weighted by Gasteiger charge is -2.28. The van der Waals surface area contributed by atoms with E-state index < -0.39 is 0 Å². The smallest absolute Gasteiger partial charge is 0.0594 e. The summed E-state index contributed by atoms with van der Waals surface area (Å²) in [7, 11) is 0. The number of hydrogen-bond acceptors (Lipinski definition) is 2. The SMILES string of the molecule is CCC(C)(C)c1cccc(CN2CCOCC2)c1. The molecule has 1 aromatic rings. The summed E-state index contributed by atoms with van der Waals surface area (Å²) in [4.78, 5) is 2.47. The van der Waals surface area contributed by atoms with Gasteiger partial charge in [-0.3, -0.25) is 4.90 Å². The Morgan fingerprint density at radius 1 is 1.22 bits per heavy atom. The first-order valence-corrected chi connectivity index (χ1v) is 7.01. The van der Waals surface area contributed by atoms with Crippen LogP contribution in [-0.4, -0.2) is 31.2 Å². The van der Waals surface area contributed by atoms with Crippen LogP contribution in [0.3, 0.4) is 0 Å². The fraction of sp³-hybridized carbons (Fsp3) is 0.625. The summed E-state index contributed by atoms with van der Waals surface area (Å²) in [5, 5.41) is 0. The number of rotatable bonds is 4. The van der Waals surface area contributed by atoms with E-state index in [2.05, 4.69) is 49.9 Å². The predicted molar refractivity (Wildman–Crippen MR) is 75.9 cm³/mol. The molecule has 100 valence electrons. The van der Waals surface area contributed by atoms with Crippen LogP contribution in [0.1, 0.15) is 38.3 Å². The highest BCUT2D eigenvalue weighted by atomic mass is 16.5. The summed E-state index contributed by atoms with van der Waals surface area (Å²) >= 11 is 0. The van der Waals surface area contributed by atoms with Crippen LogP contribution in [-0.2, 0) is 16.7 Å². The van der Waals surface area contributed by atoms with Crippen molar-refractivity contribution < 1.29 is 4.74 Å². The van der Waals surface area contributed by atoms with E-state index in [1.54, 1.807) is 0 Å². The minimum absolute atomic E-state index is 0.279. The van der Waals surface area contributed by atoms with E-state index in [4.69, 9.17) is 4.74 Å². The summed E-state index contributed by atoms with van der Waals surface area (Å²) in [5.41, 5.74) is 3.16. The molecule has 1 heterocycles. The molecule has 2 heteroatoms. The third-order valence-corrected chi connectivity index (χ3v) is 4.10. The van der Waals surface area contributed by atoms with Crippen molar-refractivity contribution in [2.24, 2.45) is 0 Å². The maximum Gasteiger partial charge on any atom is 0.0594 e. The molecule has 1 saturated heterocycles. The highest BCUT2D eigenvalue weighted by Crippen LogP contribution is 2.27. The van der Waals surface area contributed by atoms with Gasteiger partial charge in [0.15, 0.2) is 0 Å². The summed E-state index contributed by atoms with van der Waals surface area (Å²) in [6, 6.07) is 9.07. The lowest BCUT2D eigenvalue weighted by molar-refractivity contribution is 0.0342. The maximum atomic E-state index is 5.39. The van der Waals surface area contributed by atoms with Crippen molar-refractivity contribution in [1.82, 2.24) is 4.90 Å². The van der Waals surface area contributed by atoms with Crippen molar-refractivity contribution in [2.45, 2.75) is 39.2 Å². The Labute approximate surface area is 111 Å². The zero-order chi connectivity index (χ0) is 13.0. The topological polar surface area (TPSA) is 12.5 Å². The molecule has 2 rings (SSSR count). The Morgan fingerprint density at radius 3 is 2.61 bits per heavy atom. The summed E-state index contributed by atoms with van der Waals surface area (Å²) in [6.07, 6.45) is 1.17. The zero-order valence-corrected chi connectivity index (χ0v) is 11.9. The van der Waals surface area contributed by atoms with E-state index >= 15 is 0 Å². The first-order chi connectivity index (χ1) is 8.62. The van der Waals surface area contributed by atoms with Gasteiger partial charge in [-0.15, -0.1) is 0 Å². The van der Waals surface area contributed by atoms with Gasteiger partial charge in [-0.2, -0.15) is 0 Å². The molecule has 1 aliphatic heterocycles. The highest BCUT2D eigenvalue weighted by molar-refractivity contribution is 5.29. The Kier molecular flexibility index (Phi) is 4.41. The first-order valence-electron chi connectivity index (χ1n) is 7.01. The van der Waals surface area contributed by atoms with Gasteiger partial charge in [-0.25, -0.2) is 0 Å². The molecule has 2 nitrogen and oxygen atoms in total. The Hall–Kier alpha value is -0.860. The van der Waals surface area contributed by atoms with Gasteiger partial charge in [0.25, 0.3) is 0 Å². The van der Waals surface area contributed by atoms with Gasteiger partial charge >= 0.3 is 0 Å². The molecule has 0 unspecified atom stereocenters. The molecule has 0 amide bonds. The van der Waals surface area contributed by atoms with Crippen LogP contribution >= 0.6 is 0 Å². The molecule has 0 atom stereocenters. The predicted octanol–water partition coefficient (Wildman–Crippen LogP) is 3.21. The van der Waals surface area contributed by atoms with Crippen molar-refractivity contribution in [3.05, 3.63) is 35.4 Å². The third-order valence-electron chi connectivity index (χ3n) is 4.10. The number of morpholine rings is 1. The first kappa shape index (κ1) is 13.6. The third kappa shape index (κ3) is 3.33. The van der Waals surface area contributed by atoms with Crippen molar-refractivity contribution >= 4 is 0 Å². The summed E-state index contributed by atoms with van der Waals surface area (Å²) in [6.45, 7) is 11.8. The van der Waals surface area contributed by atoms with Crippen molar-refractivity contribution in [1.29, 1.82) is 0 Å². The van der Waals surface area contributed by atoms with Crippen molar-refractivity contribution in [2.75, 3.05) is 26.3 Å². The molecular formula is C16H25NO.